The molecule has 0 bridgehead atoms. The molecule has 0 radical (unpaired) electrons. The molecule has 1 heterocycles. The van der Waals surface area contributed by atoms with Gasteiger partial charge < -0.3 is 9.15 Å². The van der Waals surface area contributed by atoms with Crippen LogP contribution in [-0.2, 0) is 0 Å². The highest BCUT2D eigenvalue weighted by Gasteiger charge is 2.14. The van der Waals surface area contributed by atoms with Crippen LogP contribution in [0.3, 0.4) is 0 Å². The summed E-state index contributed by atoms with van der Waals surface area (Å²) < 4.78 is 11.1. The molecule has 0 saturated carbocycles. The van der Waals surface area contributed by atoms with E-state index in [-0.39, 0.29) is 0 Å². The molecule has 3 rings (SSSR count). The van der Waals surface area contributed by atoms with E-state index in [1.54, 1.807) is 19.2 Å². The quantitative estimate of drug-likeness (QED) is 0.662. The fraction of sp³-hybridized carbons (Fsp3) is 0.0556. The smallest absolute Gasteiger partial charge is 0.292 e. The summed E-state index contributed by atoms with van der Waals surface area (Å²) in [6.45, 7) is 0. The molecule has 0 aliphatic heterocycles. The molecule has 104 valence electrons. The first-order valence-corrected chi connectivity index (χ1v) is 6.60. The average Bonchev–Trinajstić information content (AvgIpc) is 3.00. The number of carbonyl (C=O) groups is 1. The molecule has 0 unspecified atom stereocenters. The molecule has 21 heavy (non-hydrogen) atoms. The second-order valence-corrected chi connectivity index (χ2v) is 4.62. The van der Waals surface area contributed by atoms with Gasteiger partial charge in [0.1, 0.15) is 12.0 Å². The minimum atomic E-state index is 0.482. The first-order chi connectivity index (χ1) is 10.3. The van der Waals surface area contributed by atoms with Crippen LogP contribution in [0, 0.1) is 0 Å². The molecule has 0 fully saturated rings. The summed E-state index contributed by atoms with van der Waals surface area (Å²) in [5.74, 6) is 1.19. The number of carbonyl (C=O) groups excluding carboxylic acids is 1. The standard InChI is InChI=1S/C18H14O3/c1-20-18-16(14-5-3-2-4-6-14)11-17(21-18)15-9-7-13(12-19)8-10-15/h2-12H,1H3. The maximum absolute atomic E-state index is 10.7. The first-order valence-electron chi connectivity index (χ1n) is 6.60. The second kappa shape index (κ2) is 5.67. The Morgan fingerprint density at radius 2 is 1.67 bits per heavy atom. The SMILES string of the molecule is COc1oc(-c2ccc(C=O)cc2)cc1-c1ccccc1. The Labute approximate surface area is 122 Å². The van der Waals surface area contributed by atoms with E-state index < -0.39 is 0 Å². The Kier molecular flexibility index (Phi) is 3.56. The van der Waals surface area contributed by atoms with Crippen LogP contribution in [0.5, 0.6) is 5.95 Å². The van der Waals surface area contributed by atoms with Crippen LogP contribution < -0.4 is 4.74 Å². The van der Waals surface area contributed by atoms with Crippen LogP contribution in [0.2, 0.25) is 0 Å². The summed E-state index contributed by atoms with van der Waals surface area (Å²) in [4.78, 5) is 10.7. The normalized spacial score (nSPS) is 10.3. The lowest BCUT2D eigenvalue weighted by molar-refractivity contribution is 0.112. The minimum absolute atomic E-state index is 0.482. The summed E-state index contributed by atoms with van der Waals surface area (Å²) in [5, 5.41) is 0. The molecule has 3 heteroatoms. The highest BCUT2D eigenvalue weighted by Crippen LogP contribution is 2.37. The third-order valence-corrected chi connectivity index (χ3v) is 3.30. The van der Waals surface area contributed by atoms with Crippen molar-refractivity contribution in [2.45, 2.75) is 0 Å². The maximum atomic E-state index is 10.7. The van der Waals surface area contributed by atoms with Crippen LogP contribution >= 0.6 is 0 Å². The molecule has 3 nitrogen and oxygen atoms in total. The number of furan rings is 1. The maximum Gasteiger partial charge on any atom is 0.292 e. The van der Waals surface area contributed by atoms with Gasteiger partial charge in [-0.05, 0) is 11.6 Å². The van der Waals surface area contributed by atoms with Crippen LogP contribution in [0.1, 0.15) is 10.4 Å². The van der Waals surface area contributed by atoms with E-state index in [2.05, 4.69) is 0 Å². The Morgan fingerprint density at radius 1 is 0.952 bits per heavy atom. The van der Waals surface area contributed by atoms with Crippen molar-refractivity contribution in [3.8, 4) is 28.4 Å². The van der Waals surface area contributed by atoms with Crippen molar-refractivity contribution in [3.05, 3.63) is 66.2 Å². The molecule has 0 spiro atoms. The first kappa shape index (κ1) is 13.2. The van der Waals surface area contributed by atoms with Crippen molar-refractivity contribution in [1.82, 2.24) is 0 Å². The fourth-order valence-electron chi connectivity index (χ4n) is 2.21. The third-order valence-electron chi connectivity index (χ3n) is 3.30. The highest BCUT2D eigenvalue weighted by molar-refractivity contribution is 5.78. The number of ether oxygens (including phenoxy) is 1. The average molecular weight is 278 g/mol. The number of hydrogen-bond acceptors (Lipinski definition) is 3. The van der Waals surface area contributed by atoms with Crippen molar-refractivity contribution in [2.24, 2.45) is 0 Å². The molecule has 0 aliphatic carbocycles. The molecular weight excluding hydrogens is 264 g/mol. The zero-order valence-corrected chi connectivity index (χ0v) is 11.6. The second-order valence-electron chi connectivity index (χ2n) is 4.62. The van der Waals surface area contributed by atoms with Crippen LogP contribution in [0.15, 0.2) is 65.1 Å². The van der Waals surface area contributed by atoms with Crippen LogP contribution in [-0.4, -0.2) is 13.4 Å². The number of methoxy groups -OCH3 is 1. The van der Waals surface area contributed by atoms with Gasteiger partial charge in [0.05, 0.1) is 12.7 Å². The predicted molar refractivity (Wildman–Crippen MR) is 81.5 cm³/mol. The number of hydrogen-bond donors (Lipinski definition) is 0. The van der Waals surface area contributed by atoms with E-state index >= 15 is 0 Å². The Morgan fingerprint density at radius 3 is 2.29 bits per heavy atom. The van der Waals surface area contributed by atoms with Gasteiger partial charge in [0.25, 0.3) is 5.95 Å². The van der Waals surface area contributed by atoms with Gasteiger partial charge in [-0.3, -0.25) is 4.79 Å². The van der Waals surface area contributed by atoms with Gasteiger partial charge in [-0.2, -0.15) is 0 Å². The lowest BCUT2D eigenvalue weighted by atomic mass is 10.1. The van der Waals surface area contributed by atoms with E-state index in [0.717, 1.165) is 23.0 Å². The Hall–Kier alpha value is -2.81. The molecule has 3 aromatic rings. The van der Waals surface area contributed by atoms with Crippen molar-refractivity contribution < 1.29 is 13.9 Å². The molecule has 0 saturated heterocycles. The lowest BCUT2D eigenvalue weighted by Crippen LogP contribution is -1.82. The topological polar surface area (TPSA) is 39.4 Å². The number of aldehydes is 1. The van der Waals surface area contributed by atoms with Gasteiger partial charge in [-0.25, -0.2) is 0 Å². The summed E-state index contributed by atoms with van der Waals surface area (Å²) in [5.41, 5.74) is 3.49. The number of benzene rings is 2. The van der Waals surface area contributed by atoms with E-state index in [1.165, 1.54) is 0 Å². The summed E-state index contributed by atoms with van der Waals surface area (Å²) >= 11 is 0. The van der Waals surface area contributed by atoms with Gasteiger partial charge in [0.2, 0.25) is 0 Å². The largest absolute Gasteiger partial charge is 0.468 e. The lowest BCUT2D eigenvalue weighted by Gasteiger charge is -1.99. The van der Waals surface area contributed by atoms with Crippen molar-refractivity contribution in [3.63, 3.8) is 0 Å². The minimum Gasteiger partial charge on any atom is -0.468 e. The molecule has 0 aliphatic rings. The van der Waals surface area contributed by atoms with Crippen molar-refractivity contribution in [1.29, 1.82) is 0 Å². The summed E-state index contributed by atoms with van der Waals surface area (Å²) in [6.07, 6.45) is 0.821. The molecule has 0 atom stereocenters. The van der Waals surface area contributed by atoms with Gasteiger partial charge in [0, 0.05) is 11.1 Å². The van der Waals surface area contributed by atoms with Crippen molar-refractivity contribution in [2.75, 3.05) is 7.11 Å². The summed E-state index contributed by atoms with van der Waals surface area (Å²) in [6, 6.07) is 19.1. The predicted octanol–water partition coefficient (Wildman–Crippen LogP) is 4.43. The summed E-state index contributed by atoms with van der Waals surface area (Å²) in [7, 11) is 1.59. The Balaban J connectivity index is 2.04. The van der Waals surface area contributed by atoms with E-state index in [1.807, 2.05) is 48.5 Å². The number of rotatable bonds is 4. The monoisotopic (exact) mass is 278 g/mol. The van der Waals surface area contributed by atoms with E-state index in [0.29, 0.717) is 17.3 Å². The van der Waals surface area contributed by atoms with Crippen molar-refractivity contribution >= 4 is 6.29 Å². The molecule has 0 amide bonds. The zero-order chi connectivity index (χ0) is 14.7. The van der Waals surface area contributed by atoms with Gasteiger partial charge in [-0.1, -0.05) is 54.6 Å². The third kappa shape index (κ3) is 2.58. The van der Waals surface area contributed by atoms with E-state index in [4.69, 9.17) is 9.15 Å². The molecule has 0 N–H and O–H groups in total. The molecule has 1 aromatic heterocycles. The molecule has 2 aromatic carbocycles. The van der Waals surface area contributed by atoms with Crippen LogP contribution in [0.25, 0.3) is 22.5 Å². The Bertz CT molecular complexity index is 740. The van der Waals surface area contributed by atoms with Gasteiger partial charge in [0.15, 0.2) is 0 Å². The fourth-order valence-corrected chi connectivity index (χ4v) is 2.21. The van der Waals surface area contributed by atoms with Gasteiger partial charge in [-0.15, -0.1) is 0 Å². The molecular formula is C18H14O3. The van der Waals surface area contributed by atoms with E-state index in [9.17, 15) is 4.79 Å². The van der Waals surface area contributed by atoms with Gasteiger partial charge >= 0.3 is 0 Å². The van der Waals surface area contributed by atoms with Crippen LogP contribution in [0.4, 0.5) is 0 Å². The highest BCUT2D eigenvalue weighted by atomic mass is 16.6. The zero-order valence-electron chi connectivity index (χ0n) is 11.6.